The van der Waals surface area contributed by atoms with E-state index in [1.54, 1.807) is 11.3 Å². The molecule has 0 spiro atoms. The number of aromatic nitrogens is 2. The van der Waals surface area contributed by atoms with Crippen LogP contribution in [-0.4, -0.2) is 53.3 Å². The van der Waals surface area contributed by atoms with Gasteiger partial charge in [-0.25, -0.2) is 0 Å². The predicted molar refractivity (Wildman–Crippen MR) is 116 cm³/mol. The van der Waals surface area contributed by atoms with E-state index in [0.29, 0.717) is 30.9 Å². The fourth-order valence-corrected chi connectivity index (χ4v) is 4.99. The highest BCUT2D eigenvalue weighted by molar-refractivity contribution is 7.13. The number of nitrogens with zero attached hydrogens (tertiary/aromatic N) is 3. The van der Waals surface area contributed by atoms with Crippen molar-refractivity contribution >= 4 is 17.2 Å². The molecule has 0 bridgehead atoms. The quantitative estimate of drug-likeness (QED) is 0.606. The third-order valence-electron chi connectivity index (χ3n) is 5.97. The largest absolute Gasteiger partial charge is 0.378 e. The van der Waals surface area contributed by atoms with Crippen LogP contribution in [0.2, 0.25) is 0 Å². The van der Waals surface area contributed by atoms with E-state index < -0.39 is 0 Å². The molecule has 164 valence electrons. The molecule has 2 aliphatic rings. The van der Waals surface area contributed by atoms with Crippen molar-refractivity contribution in [2.75, 3.05) is 26.2 Å². The van der Waals surface area contributed by atoms with Gasteiger partial charge in [0.25, 0.3) is 0 Å². The molecule has 1 aliphatic carbocycles. The molecule has 2 aromatic heterocycles. The van der Waals surface area contributed by atoms with Crippen molar-refractivity contribution in [3.05, 3.63) is 23.4 Å². The van der Waals surface area contributed by atoms with E-state index in [2.05, 4.69) is 20.4 Å². The number of amides is 1. The van der Waals surface area contributed by atoms with Gasteiger partial charge in [0, 0.05) is 19.7 Å². The topological polar surface area (TPSA) is 80.5 Å². The van der Waals surface area contributed by atoms with Crippen LogP contribution in [0.4, 0.5) is 0 Å². The number of carbonyl (C=O) groups is 1. The van der Waals surface area contributed by atoms with Crippen molar-refractivity contribution in [1.29, 1.82) is 0 Å². The Balaban J connectivity index is 1.16. The van der Waals surface area contributed by atoms with Crippen LogP contribution in [0.25, 0.3) is 10.7 Å². The van der Waals surface area contributed by atoms with Crippen LogP contribution < -0.4 is 5.32 Å². The minimum atomic E-state index is 0.0256. The lowest BCUT2D eigenvalue weighted by atomic mass is 9.97. The molecule has 30 heavy (non-hydrogen) atoms. The van der Waals surface area contributed by atoms with Crippen molar-refractivity contribution in [3.63, 3.8) is 0 Å². The normalized spacial score (nSPS) is 21.0. The molecule has 1 atom stereocenters. The Bertz CT molecular complexity index is 773. The molecule has 1 saturated carbocycles. The first-order valence-electron chi connectivity index (χ1n) is 11.3. The molecule has 1 amide bonds. The number of nitrogens with one attached hydrogen (secondary N) is 1. The van der Waals surface area contributed by atoms with Gasteiger partial charge in [0.15, 0.2) is 0 Å². The van der Waals surface area contributed by atoms with Gasteiger partial charge < -0.3 is 14.6 Å². The fraction of sp³-hybridized carbons (Fsp3) is 0.682. The lowest BCUT2D eigenvalue weighted by Crippen LogP contribution is -2.43. The average molecular weight is 433 g/mol. The second-order valence-corrected chi connectivity index (χ2v) is 9.29. The Labute approximate surface area is 182 Å². The first-order valence-corrected chi connectivity index (χ1v) is 12.1. The fourth-order valence-electron chi connectivity index (χ4n) is 4.34. The minimum absolute atomic E-state index is 0.0256. The Morgan fingerprint density at radius 1 is 1.27 bits per heavy atom. The highest BCUT2D eigenvalue weighted by Gasteiger charge is 2.26. The predicted octanol–water partition coefficient (Wildman–Crippen LogP) is 3.87. The maximum atomic E-state index is 12.6. The molecule has 8 heteroatoms. The van der Waals surface area contributed by atoms with E-state index in [1.807, 2.05) is 17.5 Å². The first-order chi connectivity index (χ1) is 14.8. The lowest BCUT2D eigenvalue weighted by molar-refractivity contribution is -0.126. The van der Waals surface area contributed by atoms with Gasteiger partial charge >= 0.3 is 0 Å². The van der Waals surface area contributed by atoms with E-state index in [9.17, 15) is 4.79 Å². The van der Waals surface area contributed by atoms with E-state index >= 15 is 0 Å². The minimum Gasteiger partial charge on any atom is -0.378 e. The van der Waals surface area contributed by atoms with E-state index in [-0.39, 0.29) is 11.8 Å². The summed E-state index contributed by atoms with van der Waals surface area (Å²) in [4.78, 5) is 20.3. The van der Waals surface area contributed by atoms with Crippen LogP contribution in [0, 0.1) is 5.92 Å². The van der Waals surface area contributed by atoms with Gasteiger partial charge in [-0.15, -0.1) is 11.3 Å². The van der Waals surface area contributed by atoms with Crippen LogP contribution in [0.1, 0.15) is 57.3 Å². The number of hydrogen-bond acceptors (Lipinski definition) is 7. The number of rotatable bonds is 9. The highest BCUT2D eigenvalue weighted by Crippen LogP contribution is 2.23. The number of carbonyl (C=O) groups excluding carboxylic acids is 1. The molecular formula is C22H32N4O3S. The summed E-state index contributed by atoms with van der Waals surface area (Å²) in [6, 6.07) is 3.97. The SMILES string of the molecule is O=C(NCCCOC1CCCCC1)C1CCCN(Cc2nc(-c3cccs3)no2)C1. The Hall–Kier alpha value is -1.77. The highest BCUT2D eigenvalue weighted by atomic mass is 32.1. The zero-order chi connectivity index (χ0) is 20.6. The molecule has 2 fully saturated rings. The summed E-state index contributed by atoms with van der Waals surface area (Å²) in [5.74, 6) is 1.43. The lowest BCUT2D eigenvalue weighted by Gasteiger charge is -2.30. The van der Waals surface area contributed by atoms with Crippen molar-refractivity contribution in [2.24, 2.45) is 5.92 Å². The van der Waals surface area contributed by atoms with Crippen LogP contribution in [0.15, 0.2) is 22.0 Å². The zero-order valence-electron chi connectivity index (χ0n) is 17.6. The molecule has 0 aromatic carbocycles. The van der Waals surface area contributed by atoms with E-state index in [1.165, 1.54) is 32.1 Å². The van der Waals surface area contributed by atoms with Crippen LogP contribution in [0.3, 0.4) is 0 Å². The molecule has 3 heterocycles. The molecule has 1 saturated heterocycles. The molecule has 0 radical (unpaired) electrons. The van der Waals surface area contributed by atoms with Gasteiger partial charge in [0.2, 0.25) is 17.6 Å². The number of thiophene rings is 1. The smallest absolute Gasteiger partial charge is 0.241 e. The van der Waals surface area contributed by atoms with Gasteiger partial charge in [-0.05, 0) is 50.1 Å². The number of piperidine rings is 1. The Morgan fingerprint density at radius 3 is 3.00 bits per heavy atom. The summed E-state index contributed by atoms with van der Waals surface area (Å²) in [5, 5.41) is 9.18. The third kappa shape index (κ3) is 6.12. The number of hydrogen-bond donors (Lipinski definition) is 1. The second-order valence-electron chi connectivity index (χ2n) is 8.34. The van der Waals surface area contributed by atoms with Crippen LogP contribution in [0.5, 0.6) is 0 Å². The molecule has 1 aliphatic heterocycles. The summed E-state index contributed by atoms with van der Waals surface area (Å²) < 4.78 is 11.4. The van der Waals surface area contributed by atoms with Crippen LogP contribution >= 0.6 is 11.3 Å². The zero-order valence-corrected chi connectivity index (χ0v) is 18.4. The molecule has 1 N–H and O–H groups in total. The summed E-state index contributed by atoms with van der Waals surface area (Å²) in [5.41, 5.74) is 0. The van der Waals surface area contributed by atoms with Crippen LogP contribution in [-0.2, 0) is 16.1 Å². The first kappa shape index (κ1) is 21.5. The molecular weight excluding hydrogens is 400 g/mol. The van der Waals surface area contributed by atoms with E-state index in [4.69, 9.17) is 9.26 Å². The van der Waals surface area contributed by atoms with Gasteiger partial charge in [-0.2, -0.15) is 4.98 Å². The molecule has 7 nitrogen and oxygen atoms in total. The second kappa shape index (κ2) is 11.0. The molecule has 4 rings (SSSR count). The maximum absolute atomic E-state index is 12.6. The van der Waals surface area contributed by atoms with Gasteiger partial charge in [0.1, 0.15) is 0 Å². The van der Waals surface area contributed by atoms with Crippen molar-refractivity contribution in [1.82, 2.24) is 20.4 Å². The van der Waals surface area contributed by atoms with Gasteiger partial charge in [0.05, 0.1) is 23.4 Å². The molecule has 1 unspecified atom stereocenters. The Kier molecular flexibility index (Phi) is 7.88. The van der Waals surface area contributed by atoms with E-state index in [0.717, 1.165) is 43.8 Å². The summed E-state index contributed by atoms with van der Waals surface area (Å²) in [6.07, 6.45) is 9.57. The van der Waals surface area contributed by atoms with Crippen molar-refractivity contribution < 1.29 is 14.1 Å². The summed E-state index contributed by atoms with van der Waals surface area (Å²) in [6.45, 7) is 3.72. The summed E-state index contributed by atoms with van der Waals surface area (Å²) >= 11 is 1.60. The Morgan fingerprint density at radius 2 is 2.17 bits per heavy atom. The third-order valence-corrected chi connectivity index (χ3v) is 6.84. The monoisotopic (exact) mass is 432 g/mol. The number of ether oxygens (including phenoxy) is 1. The maximum Gasteiger partial charge on any atom is 0.241 e. The van der Waals surface area contributed by atoms with Crippen molar-refractivity contribution in [2.45, 2.75) is 64.0 Å². The van der Waals surface area contributed by atoms with Crippen molar-refractivity contribution in [3.8, 4) is 10.7 Å². The average Bonchev–Trinajstić information content (AvgIpc) is 3.46. The van der Waals surface area contributed by atoms with Gasteiger partial charge in [-0.3, -0.25) is 9.69 Å². The standard InChI is InChI=1S/C22H32N4O3S/c27-22(23-11-6-13-28-18-8-2-1-3-9-18)17-7-4-12-26(15-17)16-20-24-21(25-29-20)19-10-5-14-30-19/h5,10,14,17-18H,1-4,6-9,11-13,15-16H2,(H,23,27). The molecule has 2 aromatic rings. The van der Waals surface area contributed by atoms with Gasteiger partial charge in [-0.1, -0.05) is 30.5 Å². The number of likely N-dealkylation sites (tertiary alicyclic amines) is 1. The summed E-state index contributed by atoms with van der Waals surface area (Å²) in [7, 11) is 0.